The highest BCUT2D eigenvalue weighted by atomic mass is 79.9. The van der Waals surface area contributed by atoms with E-state index in [2.05, 4.69) is 34.1 Å². The second-order valence-corrected chi connectivity index (χ2v) is 17.7. The Morgan fingerprint density at radius 3 is 0.910 bits per heavy atom. The van der Waals surface area contributed by atoms with Crippen LogP contribution < -0.4 is 26.4 Å². The molecule has 0 saturated carbocycles. The van der Waals surface area contributed by atoms with Crippen LogP contribution in [0.4, 0.5) is 105 Å². The predicted molar refractivity (Wildman–Crippen MR) is 238 cm³/mol. The Labute approximate surface area is 431 Å². The molecule has 0 aliphatic rings. The van der Waals surface area contributed by atoms with E-state index in [-0.39, 0.29) is 5.78 Å². The number of rotatable bonds is 8. The summed E-state index contributed by atoms with van der Waals surface area (Å²) < 4.78 is 343. The average Bonchev–Trinajstić information content (AvgIpc) is 3.32. The minimum Gasteiger partial charge on any atom is -0.287 e. The Morgan fingerprint density at radius 1 is 0.372 bits per heavy atom. The molecule has 0 aliphatic carbocycles. The van der Waals surface area contributed by atoms with E-state index in [1.165, 1.54) is 10.8 Å². The van der Waals surface area contributed by atoms with Gasteiger partial charge in [-0.3, -0.25) is 4.79 Å². The number of halogens is 25. The molecule has 0 radical (unpaired) electrons. The van der Waals surface area contributed by atoms with E-state index >= 15 is 0 Å². The molecular formula is C50H27BBrF24NO. The first-order valence-electron chi connectivity index (χ1n) is 21.5. The lowest BCUT2D eigenvalue weighted by molar-refractivity contribution is -0.688. The van der Waals surface area contributed by atoms with E-state index in [0.717, 1.165) is 16.6 Å². The summed E-state index contributed by atoms with van der Waals surface area (Å²) >= 11 is 3.54. The van der Waals surface area contributed by atoms with Gasteiger partial charge in [-0.15, -0.1) is 0 Å². The monoisotopic (exact) mass is 1200 g/mol. The fourth-order valence-corrected chi connectivity index (χ4v) is 9.18. The first-order chi connectivity index (χ1) is 35.6. The Bertz CT molecular complexity index is 2890. The highest BCUT2D eigenvalue weighted by Crippen LogP contribution is 2.41. The third kappa shape index (κ3) is 13.4. The molecule has 1 heterocycles. The zero-order valence-corrected chi connectivity index (χ0v) is 39.7. The molecule has 6 aromatic carbocycles. The molecule has 0 unspecified atom stereocenters. The molecule has 0 spiro atoms. The van der Waals surface area contributed by atoms with Crippen LogP contribution in [0.5, 0.6) is 0 Å². The van der Waals surface area contributed by atoms with Crippen LogP contribution in [-0.4, -0.2) is 11.9 Å². The molecule has 28 heteroatoms. The number of fused-ring (bicyclic) bond motifs is 1. The summed E-state index contributed by atoms with van der Waals surface area (Å²) in [6, 6.07) is 10.9. The van der Waals surface area contributed by atoms with Gasteiger partial charge in [0.15, 0.2) is 11.9 Å². The number of carbonyl (C=O) groups is 1. The maximum Gasteiger partial charge on any atom is 0.416 e. The normalized spacial score (nSPS) is 13.3. The van der Waals surface area contributed by atoms with Crippen molar-refractivity contribution in [3.63, 3.8) is 0 Å². The third-order valence-electron chi connectivity index (χ3n) is 12.0. The molecule has 0 bridgehead atoms. The number of benzene rings is 6. The molecule has 1 aromatic heterocycles. The Kier molecular flexibility index (Phi) is 16.4. The van der Waals surface area contributed by atoms with Gasteiger partial charge in [0.2, 0.25) is 12.3 Å². The van der Waals surface area contributed by atoms with Crippen molar-refractivity contribution in [3.05, 3.63) is 195 Å². The van der Waals surface area contributed by atoms with Crippen LogP contribution in [0.25, 0.3) is 10.8 Å². The Hall–Kier alpha value is -6.74. The number of Topliss-reactive ketones (excluding diaryl/α,β-unsaturated/α-hetero) is 1. The van der Waals surface area contributed by atoms with Crippen molar-refractivity contribution in [2.75, 3.05) is 0 Å². The number of pyridine rings is 1. The quantitative estimate of drug-likeness (QED) is 0.0488. The number of carbonyl (C=O) groups excluding carboxylic acids is 1. The largest absolute Gasteiger partial charge is 0.416 e. The van der Waals surface area contributed by atoms with Crippen molar-refractivity contribution in [2.24, 2.45) is 0 Å². The van der Waals surface area contributed by atoms with Gasteiger partial charge in [-0.2, -0.15) is 132 Å². The molecule has 0 N–H and O–H groups in total. The van der Waals surface area contributed by atoms with Crippen LogP contribution in [0.3, 0.4) is 0 Å². The standard InChI is InChI=1S/C32H12BF24.C18H15BrNO/c34-25(35,36)13-1-14(26(37,38)39)6-21(5-13)33(22-7-15(27(40,41)42)2-16(8-22)28(43,44)45,23-9-17(29(46,47)48)3-18(10-23)30(49,50)51)24-11-19(31(52,53)54)4-20(12-24)32(55,56)57;19-12-17-16-9-5-4-6-14(16)10-11-20(17)13-18(21)15-7-2-1-3-8-15/h1-12H;1-11H,12-13H2/q-1;+1. The van der Waals surface area contributed by atoms with Crippen LogP contribution in [0.1, 0.15) is 60.6 Å². The fourth-order valence-electron chi connectivity index (χ4n) is 8.56. The first kappa shape index (κ1) is 60.5. The van der Waals surface area contributed by atoms with Crippen molar-refractivity contribution in [2.45, 2.75) is 61.3 Å². The minimum atomic E-state index is -6.13. The van der Waals surface area contributed by atoms with Gasteiger partial charge in [-0.25, -0.2) is 0 Å². The summed E-state index contributed by atoms with van der Waals surface area (Å²) in [5, 5.41) is 3.09. The number of alkyl halides is 25. The van der Waals surface area contributed by atoms with Crippen molar-refractivity contribution in [1.82, 2.24) is 0 Å². The second-order valence-electron chi connectivity index (χ2n) is 17.1. The molecule has 0 saturated heterocycles. The predicted octanol–water partition coefficient (Wildman–Crippen LogP) is 15.1. The molecule has 78 heavy (non-hydrogen) atoms. The lowest BCUT2D eigenvalue weighted by atomic mass is 9.12. The number of aromatic nitrogens is 1. The lowest BCUT2D eigenvalue weighted by Crippen LogP contribution is -2.75. The second kappa shape index (κ2) is 21.1. The highest BCUT2D eigenvalue weighted by Gasteiger charge is 2.47. The van der Waals surface area contributed by atoms with Gasteiger partial charge in [-0.05, 0) is 35.7 Å². The zero-order valence-electron chi connectivity index (χ0n) is 38.1. The summed E-state index contributed by atoms with van der Waals surface area (Å²) in [5.74, 6) is 0.123. The van der Waals surface area contributed by atoms with Crippen LogP contribution in [0.2, 0.25) is 0 Å². The van der Waals surface area contributed by atoms with Gasteiger partial charge in [0, 0.05) is 17.0 Å². The number of hydrogen-bond donors (Lipinski definition) is 0. The zero-order chi connectivity index (χ0) is 58.6. The number of nitrogens with zero attached hydrogens (tertiary/aromatic N) is 1. The summed E-state index contributed by atoms with van der Waals surface area (Å²) in [6.07, 6.45) is -52.8. The van der Waals surface area contributed by atoms with Gasteiger partial charge in [0.1, 0.15) is 6.15 Å². The minimum absolute atomic E-state index is 0.123. The van der Waals surface area contributed by atoms with E-state index in [9.17, 15) is 110 Å². The fraction of sp³-hybridized carbons (Fsp3) is 0.200. The van der Waals surface area contributed by atoms with Gasteiger partial charge in [0.25, 0.3) is 0 Å². The van der Waals surface area contributed by atoms with Crippen molar-refractivity contribution in [1.29, 1.82) is 0 Å². The average molecular weight is 1200 g/mol. The van der Waals surface area contributed by atoms with Crippen LogP contribution in [0.15, 0.2) is 140 Å². The number of ketones is 1. The van der Waals surface area contributed by atoms with E-state index in [1.54, 1.807) is 0 Å². The topological polar surface area (TPSA) is 20.9 Å². The van der Waals surface area contributed by atoms with Gasteiger partial charge in [0.05, 0.1) is 49.8 Å². The van der Waals surface area contributed by atoms with Crippen LogP contribution in [0, 0.1) is 0 Å². The summed E-state index contributed by atoms with van der Waals surface area (Å²) in [5.41, 5.74) is -28.3. The van der Waals surface area contributed by atoms with Crippen LogP contribution >= 0.6 is 15.9 Å². The third-order valence-corrected chi connectivity index (χ3v) is 12.6. The Morgan fingerprint density at radius 2 is 0.641 bits per heavy atom. The van der Waals surface area contributed by atoms with Crippen LogP contribution in [-0.2, 0) is 61.3 Å². The SMILES string of the molecule is FC(F)(F)c1cc([B-](c2cc(C(F)(F)F)cc(C(F)(F)F)c2)(c2cc(C(F)(F)F)cc(C(F)(F)F)c2)c2cc(C(F)(F)F)cc(C(F)(F)F)c2)cc(C(F)(F)F)c1.O=C(C[n+]1ccc2ccccc2c1CBr)c1ccccc1. The molecule has 7 rings (SSSR count). The molecule has 7 aromatic rings. The van der Waals surface area contributed by atoms with Gasteiger partial charge < -0.3 is 0 Å². The number of hydrogen-bond acceptors (Lipinski definition) is 1. The maximum atomic E-state index is 14.2. The summed E-state index contributed by atoms with van der Waals surface area (Å²) in [7, 11) is 0. The van der Waals surface area contributed by atoms with Gasteiger partial charge in [-0.1, -0.05) is 113 Å². The van der Waals surface area contributed by atoms with Crippen molar-refractivity contribution >= 4 is 60.5 Å². The van der Waals surface area contributed by atoms with E-state index in [1.807, 2.05) is 53.2 Å². The molecule has 416 valence electrons. The van der Waals surface area contributed by atoms with E-state index < -0.39 is 195 Å². The Balaban J connectivity index is 0.000000387. The maximum absolute atomic E-state index is 14.2. The van der Waals surface area contributed by atoms with Crippen molar-refractivity contribution < 1.29 is 115 Å². The smallest absolute Gasteiger partial charge is 0.287 e. The first-order valence-corrected chi connectivity index (χ1v) is 22.6. The summed E-state index contributed by atoms with van der Waals surface area (Å²) in [4.78, 5) is 12.4. The highest BCUT2D eigenvalue weighted by molar-refractivity contribution is 9.08. The lowest BCUT2D eigenvalue weighted by Gasteiger charge is -2.46. The molecule has 0 atom stereocenters. The van der Waals surface area contributed by atoms with Crippen molar-refractivity contribution in [3.8, 4) is 0 Å². The molecular weight excluding hydrogens is 1180 g/mol. The van der Waals surface area contributed by atoms with Gasteiger partial charge >= 0.3 is 49.4 Å². The van der Waals surface area contributed by atoms with E-state index in [4.69, 9.17) is 0 Å². The molecule has 0 amide bonds. The molecule has 0 fully saturated rings. The van der Waals surface area contributed by atoms with E-state index in [0.29, 0.717) is 6.54 Å². The molecule has 0 aliphatic heterocycles. The molecule has 2 nitrogen and oxygen atoms in total. The summed E-state index contributed by atoms with van der Waals surface area (Å²) in [6.45, 7) is 0.357.